The quantitative estimate of drug-likeness (QED) is 0.418. The summed E-state index contributed by atoms with van der Waals surface area (Å²) >= 11 is 0. The van der Waals surface area contributed by atoms with Gasteiger partial charge in [0.15, 0.2) is 0 Å². The average Bonchev–Trinajstić information content (AvgIpc) is 1.69. The van der Waals surface area contributed by atoms with Crippen molar-refractivity contribution in [2.45, 2.75) is 37.6 Å². The Bertz CT molecular complexity index is 46.1. The molecule has 1 rings (SSSR count). The van der Waals surface area contributed by atoms with Crippen LogP contribution in [0.1, 0.15) is 32.1 Å². The van der Waals surface area contributed by atoms with Crippen LogP contribution >= 0.6 is 0 Å². The van der Waals surface area contributed by atoms with Crippen molar-refractivity contribution in [2.24, 2.45) is 0 Å². The molecule has 0 atom stereocenters. The summed E-state index contributed by atoms with van der Waals surface area (Å²) in [4.78, 5) is 0. The minimum Gasteiger partial charge on any atom is -0.0536 e. The second-order valence-electron chi connectivity index (χ2n) is 2.40. The van der Waals surface area contributed by atoms with Crippen LogP contribution in [0.4, 0.5) is 0 Å². The number of hydrogen-bond acceptors (Lipinski definition) is 0. The molecule has 0 saturated heterocycles. The van der Waals surface area contributed by atoms with Crippen LogP contribution in [0.15, 0.2) is 0 Å². The highest BCUT2D eigenvalue weighted by molar-refractivity contribution is 6.11. The van der Waals surface area contributed by atoms with Crippen LogP contribution < -0.4 is 0 Å². The average molecular weight is 112 g/mol. The highest BCUT2D eigenvalue weighted by atomic mass is 28.1. The predicted octanol–water partition coefficient (Wildman–Crippen LogP) is 1.64. The summed E-state index contributed by atoms with van der Waals surface area (Å²) in [6.07, 6.45) is 7.31. The summed E-state index contributed by atoms with van der Waals surface area (Å²) in [5, 5.41) is 0. The van der Waals surface area contributed by atoms with E-state index in [-0.39, 0.29) is 0 Å². The third kappa shape index (κ3) is 1.64. The summed E-state index contributed by atoms with van der Waals surface area (Å²) in [6.45, 7) is 0. The van der Waals surface area contributed by atoms with E-state index >= 15 is 0 Å². The normalized spacial score (nSPS) is 25.3. The molecule has 0 amide bonds. The summed E-state index contributed by atoms with van der Waals surface area (Å²) in [5.74, 6) is 0. The van der Waals surface area contributed by atoms with Gasteiger partial charge in [-0.15, -0.1) is 0 Å². The monoisotopic (exact) mass is 112 g/mol. The minimum absolute atomic E-state index is 0.953. The van der Waals surface area contributed by atoms with Crippen molar-refractivity contribution in [1.82, 2.24) is 0 Å². The Morgan fingerprint density at radius 2 is 1.57 bits per heavy atom. The molecule has 0 nitrogen and oxygen atoms in total. The first-order valence-electron chi connectivity index (χ1n) is 3.15. The molecule has 0 aromatic heterocycles. The Morgan fingerprint density at radius 1 is 1.00 bits per heavy atom. The van der Waals surface area contributed by atoms with Crippen molar-refractivity contribution in [3.05, 3.63) is 0 Å². The SMILES string of the molecule is [SiH]C1CCCCC1. The Kier molecular flexibility index (Phi) is 1.92. The van der Waals surface area contributed by atoms with Crippen molar-refractivity contribution in [3.63, 3.8) is 0 Å². The lowest BCUT2D eigenvalue weighted by atomic mass is 10.0. The molecule has 0 unspecified atom stereocenters. The van der Waals surface area contributed by atoms with E-state index in [1.54, 1.807) is 0 Å². The van der Waals surface area contributed by atoms with E-state index in [4.69, 9.17) is 0 Å². The molecule has 1 saturated carbocycles. The molecule has 0 aromatic carbocycles. The van der Waals surface area contributed by atoms with Gasteiger partial charge in [-0.3, -0.25) is 0 Å². The maximum Gasteiger partial charge on any atom is 0.0187 e. The zero-order chi connectivity index (χ0) is 5.11. The molecule has 1 aliphatic rings. The summed E-state index contributed by atoms with van der Waals surface area (Å²) in [7, 11) is 2.91. The smallest absolute Gasteiger partial charge is 0.0187 e. The number of hydrogen-bond donors (Lipinski definition) is 0. The summed E-state index contributed by atoms with van der Waals surface area (Å²) in [6, 6.07) is 0. The minimum atomic E-state index is 0.953. The third-order valence-corrected chi connectivity index (χ3v) is 2.32. The second-order valence-corrected chi connectivity index (χ2v) is 3.34. The van der Waals surface area contributed by atoms with Gasteiger partial charge in [-0.2, -0.15) is 0 Å². The van der Waals surface area contributed by atoms with Gasteiger partial charge in [0.2, 0.25) is 0 Å². The topological polar surface area (TPSA) is 0 Å². The molecule has 1 fully saturated rings. The lowest BCUT2D eigenvalue weighted by molar-refractivity contribution is 0.504. The predicted molar refractivity (Wildman–Crippen MR) is 34.0 cm³/mol. The molecule has 40 valence electrons. The van der Waals surface area contributed by atoms with Crippen LogP contribution in [0.25, 0.3) is 0 Å². The van der Waals surface area contributed by atoms with Gasteiger partial charge in [-0.25, -0.2) is 0 Å². The summed E-state index contributed by atoms with van der Waals surface area (Å²) < 4.78 is 0. The lowest BCUT2D eigenvalue weighted by Crippen LogP contribution is -1.98. The highest BCUT2D eigenvalue weighted by Gasteiger charge is 2.06. The molecular weight excluding hydrogens is 100 g/mol. The standard InChI is InChI=1S/C6H12Si/c7-6-4-2-1-3-5-6/h6-7H,1-5H2. The van der Waals surface area contributed by atoms with Gasteiger partial charge in [0.25, 0.3) is 0 Å². The molecule has 0 aromatic rings. The van der Waals surface area contributed by atoms with Gasteiger partial charge in [0.1, 0.15) is 0 Å². The fraction of sp³-hybridized carbons (Fsp3) is 1.00. The van der Waals surface area contributed by atoms with E-state index in [1.165, 1.54) is 32.1 Å². The lowest BCUT2D eigenvalue weighted by Gasteiger charge is -2.15. The first-order chi connectivity index (χ1) is 3.39. The molecule has 0 heterocycles. The van der Waals surface area contributed by atoms with E-state index in [2.05, 4.69) is 10.2 Å². The van der Waals surface area contributed by atoms with Crippen LogP contribution in [0, 0.1) is 0 Å². The zero-order valence-corrected chi connectivity index (χ0v) is 5.84. The van der Waals surface area contributed by atoms with Gasteiger partial charge in [0, 0.05) is 10.2 Å². The Labute approximate surface area is 48.7 Å². The van der Waals surface area contributed by atoms with E-state index < -0.39 is 0 Å². The fourth-order valence-electron chi connectivity index (χ4n) is 1.13. The molecular formula is C6H12Si. The van der Waals surface area contributed by atoms with Gasteiger partial charge < -0.3 is 0 Å². The van der Waals surface area contributed by atoms with E-state index in [9.17, 15) is 0 Å². The van der Waals surface area contributed by atoms with Crippen LogP contribution in [0.3, 0.4) is 0 Å². The first kappa shape index (κ1) is 5.36. The van der Waals surface area contributed by atoms with Crippen LogP contribution in [0.2, 0.25) is 5.54 Å². The molecule has 0 spiro atoms. The fourth-order valence-corrected chi connectivity index (χ4v) is 1.61. The van der Waals surface area contributed by atoms with Gasteiger partial charge >= 0.3 is 0 Å². The van der Waals surface area contributed by atoms with E-state index in [0.717, 1.165) is 5.54 Å². The van der Waals surface area contributed by atoms with Crippen molar-refractivity contribution >= 4 is 10.2 Å². The Balaban J connectivity index is 2.12. The molecule has 0 N–H and O–H groups in total. The third-order valence-electron chi connectivity index (χ3n) is 1.65. The van der Waals surface area contributed by atoms with Crippen molar-refractivity contribution in [3.8, 4) is 0 Å². The largest absolute Gasteiger partial charge is 0.0536 e. The van der Waals surface area contributed by atoms with E-state index in [0.29, 0.717) is 0 Å². The Hall–Kier alpha value is 0.217. The Morgan fingerprint density at radius 3 is 1.86 bits per heavy atom. The first-order valence-corrected chi connectivity index (χ1v) is 3.82. The van der Waals surface area contributed by atoms with Gasteiger partial charge in [-0.05, 0) is 0 Å². The number of rotatable bonds is 0. The molecule has 1 aliphatic carbocycles. The van der Waals surface area contributed by atoms with Gasteiger partial charge in [-0.1, -0.05) is 37.6 Å². The molecule has 2 radical (unpaired) electrons. The van der Waals surface area contributed by atoms with Crippen molar-refractivity contribution in [1.29, 1.82) is 0 Å². The van der Waals surface area contributed by atoms with Crippen molar-refractivity contribution < 1.29 is 0 Å². The van der Waals surface area contributed by atoms with Crippen LogP contribution in [-0.4, -0.2) is 10.2 Å². The van der Waals surface area contributed by atoms with Gasteiger partial charge in [0.05, 0.1) is 0 Å². The molecule has 7 heavy (non-hydrogen) atoms. The molecule has 0 bridgehead atoms. The zero-order valence-electron chi connectivity index (χ0n) is 4.69. The maximum absolute atomic E-state index is 2.91. The maximum atomic E-state index is 2.91. The molecule has 1 heteroatoms. The van der Waals surface area contributed by atoms with Crippen LogP contribution in [-0.2, 0) is 0 Å². The second kappa shape index (κ2) is 2.51. The molecule has 0 aliphatic heterocycles. The van der Waals surface area contributed by atoms with Crippen LogP contribution in [0.5, 0.6) is 0 Å². The van der Waals surface area contributed by atoms with Crippen molar-refractivity contribution in [2.75, 3.05) is 0 Å². The summed E-state index contributed by atoms with van der Waals surface area (Å²) in [5.41, 5.74) is 0.953. The highest BCUT2D eigenvalue weighted by Crippen LogP contribution is 2.24. The van der Waals surface area contributed by atoms with E-state index in [1.807, 2.05) is 0 Å².